The first-order valence-electron chi connectivity index (χ1n) is 5.78. The molecule has 17 heavy (non-hydrogen) atoms. The molecule has 2 rings (SSSR count). The smallest absolute Gasteiger partial charge is 0.181 e. The van der Waals surface area contributed by atoms with E-state index in [0.717, 1.165) is 21.5 Å². The van der Waals surface area contributed by atoms with Crippen LogP contribution in [0.5, 0.6) is 5.75 Å². The third-order valence-corrected chi connectivity index (χ3v) is 3.59. The van der Waals surface area contributed by atoms with Gasteiger partial charge in [-0.1, -0.05) is 31.3 Å². The number of hydrogen-bond donors (Lipinski definition) is 1. The van der Waals surface area contributed by atoms with Crippen molar-refractivity contribution in [3.05, 3.63) is 17.2 Å². The normalized spacial score (nSPS) is 11.4. The van der Waals surface area contributed by atoms with Crippen LogP contribution in [-0.2, 0) is 0 Å². The van der Waals surface area contributed by atoms with Crippen LogP contribution in [0.25, 0.3) is 10.2 Å². The number of nitrogens with zero attached hydrogens (tertiary/aromatic N) is 1. The number of aryl methyl sites for hydroxylation is 2. The Labute approximate surface area is 106 Å². The van der Waals surface area contributed by atoms with Crippen molar-refractivity contribution in [2.24, 2.45) is 5.92 Å². The minimum Gasteiger partial charge on any atom is -0.491 e. The van der Waals surface area contributed by atoms with E-state index >= 15 is 0 Å². The molecule has 0 radical (unpaired) electrons. The molecule has 1 heterocycles. The summed E-state index contributed by atoms with van der Waals surface area (Å²) in [6.07, 6.45) is 0. The zero-order valence-corrected chi connectivity index (χ0v) is 11.5. The van der Waals surface area contributed by atoms with Crippen molar-refractivity contribution in [3.63, 3.8) is 0 Å². The zero-order valence-electron chi connectivity index (χ0n) is 10.7. The summed E-state index contributed by atoms with van der Waals surface area (Å²) in [7, 11) is 0. The van der Waals surface area contributed by atoms with Crippen molar-refractivity contribution in [1.82, 2.24) is 4.98 Å². The maximum Gasteiger partial charge on any atom is 0.181 e. The van der Waals surface area contributed by atoms with Gasteiger partial charge in [0.1, 0.15) is 11.3 Å². The predicted octanol–water partition coefficient (Wildman–Crippen LogP) is 3.53. The van der Waals surface area contributed by atoms with E-state index in [1.165, 1.54) is 16.9 Å². The Kier molecular flexibility index (Phi) is 3.24. The Hall–Kier alpha value is -1.29. The van der Waals surface area contributed by atoms with E-state index in [9.17, 15) is 0 Å². The minimum absolute atomic E-state index is 0.502. The quantitative estimate of drug-likeness (QED) is 0.906. The predicted molar refractivity (Wildman–Crippen MR) is 73.8 cm³/mol. The Morgan fingerprint density at radius 3 is 2.71 bits per heavy atom. The molecule has 0 aliphatic rings. The minimum atomic E-state index is 0.502. The van der Waals surface area contributed by atoms with Crippen molar-refractivity contribution in [2.45, 2.75) is 27.7 Å². The summed E-state index contributed by atoms with van der Waals surface area (Å²) in [4.78, 5) is 4.38. The highest BCUT2D eigenvalue weighted by Crippen LogP contribution is 2.36. The van der Waals surface area contributed by atoms with Gasteiger partial charge in [0.25, 0.3) is 0 Å². The molecule has 0 aliphatic heterocycles. The van der Waals surface area contributed by atoms with E-state index in [0.29, 0.717) is 17.7 Å². The van der Waals surface area contributed by atoms with Crippen LogP contribution in [0.15, 0.2) is 6.07 Å². The first-order chi connectivity index (χ1) is 7.99. The lowest BCUT2D eigenvalue weighted by Gasteiger charge is -2.12. The van der Waals surface area contributed by atoms with Gasteiger partial charge in [0.05, 0.1) is 11.3 Å². The monoisotopic (exact) mass is 250 g/mol. The highest BCUT2D eigenvalue weighted by molar-refractivity contribution is 7.22. The van der Waals surface area contributed by atoms with Crippen molar-refractivity contribution in [2.75, 3.05) is 12.3 Å². The molecule has 0 fully saturated rings. The average molecular weight is 250 g/mol. The van der Waals surface area contributed by atoms with Gasteiger partial charge in [-0.25, -0.2) is 4.98 Å². The van der Waals surface area contributed by atoms with Crippen molar-refractivity contribution in [3.8, 4) is 5.75 Å². The summed E-state index contributed by atoms with van der Waals surface area (Å²) in [6, 6.07) is 2.13. The van der Waals surface area contributed by atoms with Crippen LogP contribution in [0, 0.1) is 19.8 Å². The van der Waals surface area contributed by atoms with E-state index < -0.39 is 0 Å². The molecule has 1 aromatic carbocycles. The number of fused-ring (bicyclic) bond motifs is 1. The van der Waals surface area contributed by atoms with Gasteiger partial charge in [-0.3, -0.25) is 0 Å². The molecular weight excluding hydrogens is 232 g/mol. The first kappa shape index (κ1) is 12.2. The summed E-state index contributed by atoms with van der Waals surface area (Å²) in [6.45, 7) is 9.11. The largest absolute Gasteiger partial charge is 0.491 e. The molecule has 0 saturated heterocycles. The van der Waals surface area contributed by atoms with Gasteiger partial charge in [0.2, 0.25) is 0 Å². The number of nitrogen functional groups attached to an aromatic ring is 1. The van der Waals surface area contributed by atoms with E-state index in [-0.39, 0.29) is 0 Å². The van der Waals surface area contributed by atoms with Crippen LogP contribution >= 0.6 is 11.3 Å². The van der Waals surface area contributed by atoms with E-state index in [1.807, 2.05) is 0 Å². The second-order valence-corrected chi connectivity index (χ2v) is 5.80. The number of anilines is 1. The molecule has 0 unspecified atom stereocenters. The molecule has 3 nitrogen and oxygen atoms in total. The SMILES string of the molecule is Cc1cc(C)c2sc(N)nc2c1OCC(C)C. The van der Waals surface area contributed by atoms with E-state index in [2.05, 4.69) is 38.7 Å². The number of ether oxygens (including phenoxy) is 1. The fourth-order valence-electron chi connectivity index (χ4n) is 1.83. The topological polar surface area (TPSA) is 48.1 Å². The van der Waals surface area contributed by atoms with Crippen LogP contribution in [0.3, 0.4) is 0 Å². The lowest BCUT2D eigenvalue weighted by molar-refractivity contribution is 0.272. The maximum atomic E-state index is 5.87. The van der Waals surface area contributed by atoms with Crippen LogP contribution in [0.2, 0.25) is 0 Å². The fourth-order valence-corrected chi connectivity index (χ4v) is 2.63. The van der Waals surface area contributed by atoms with Crippen molar-refractivity contribution in [1.29, 1.82) is 0 Å². The van der Waals surface area contributed by atoms with Crippen molar-refractivity contribution >= 4 is 26.7 Å². The molecule has 1 aromatic heterocycles. The summed E-state index contributed by atoms with van der Waals surface area (Å²) in [5.74, 6) is 1.38. The summed E-state index contributed by atoms with van der Waals surface area (Å²) < 4.78 is 7.00. The second-order valence-electron chi connectivity index (χ2n) is 4.77. The van der Waals surface area contributed by atoms with Gasteiger partial charge in [-0.05, 0) is 30.9 Å². The Morgan fingerprint density at radius 1 is 1.35 bits per heavy atom. The number of nitrogens with two attached hydrogens (primary N) is 1. The van der Waals surface area contributed by atoms with Gasteiger partial charge in [-0.2, -0.15) is 0 Å². The standard InChI is InChI=1S/C13H18N2OS/c1-7(2)6-16-11-8(3)5-9(4)12-10(11)15-13(14)17-12/h5,7H,6H2,1-4H3,(H2,14,15). The number of hydrogen-bond acceptors (Lipinski definition) is 4. The number of rotatable bonds is 3. The van der Waals surface area contributed by atoms with E-state index in [4.69, 9.17) is 10.5 Å². The average Bonchev–Trinajstić information content (AvgIpc) is 2.59. The van der Waals surface area contributed by atoms with Crippen LogP contribution in [-0.4, -0.2) is 11.6 Å². The Bertz CT molecular complexity index is 546. The molecule has 2 N–H and O–H groups in total. The zero-order chi connectivity index (χ0) is 12.6. The molecule has 4 heteroatoms. The summed E-state index contributed by atoms with van der Waals surface area (Å²) >= 11 is 1.52. The number of thiazole rings is 1. The van der Waals surface area contributed by atoms with Gasteiger partial charge in [0.15, 0.2) is 5.13 Å². The van der Waals surface area contributed by atoms with Crippen LogP contribution in [0.4, 0.5) is 5.13 Å². The maximum absolute atomic E-state index is 5.87. The van der Waals surface area contributed by atoms with E-state index in [1.54, 1.807) is 0 Å². The highest BCUT2D eigenvalue weighted by Gasteiger charge is 2.13. The molecule has 0 amide bonds. The second kappa shape index (κ2) is 4.53. The number of benzene rings is 1. The highest BCUT2D eigenvalue weighted by atomic mass is 32.1. The first-order valence-corrected chi connectivity index (χ1v) is 6.59. The van der Waals surface area contributed by atoms with Gasteiger partial charge in [0, 0.05) is 0 Å². The third-order valence-electron chi connectivity index (χ3n) is 2.57. The van der Waals surface area contributed by atoms with Gasteiger partial charge in [-0.15, -0.1) is 0 Å². The molecule has 0 saturated carbocycles. The van der Waals surface area contributed by atoms with Crippen LogP contribution in [0.1, 0.15) is 25.0 Å². The molecule has 2 aromatic rings. The molecule has 0 aliphatic carbocycles. The van der Waals surface area contributed by atoms with Gasteiger partial charge >= 0.3 is 0 Å². The lowest BCUT2D eigenvalue weighted by Crippen LogP contribution is -2.06. The Balaban J connectivity index is 2.52. The Morgan fingerprint density at radius 2 is 2.06 bits per heavy atom. The molecule has 0 atom stereocenters. The molecule has 92 valence electrons. The van der Waals surface area contributed by atoms with Crippen molar-refractivity contribution < 1.29 is 4.74 Å². The molecule has 0 spiro atoms. The molecule has 0 bridgehead atoms. The number of aromatic nitrogens is 1. The summed E-state index contributed by atoms with van der Waals surface area (Å²) in [5.41, 5.74) is 9.03. The van der Waals surface area contributed by atoms with Crippen LogP contribution < -0.4 is 10.5 Å². The third kappa shape index (κ3) is 2.36. The van der Waals surface area contributed by atoms with Gasteiger partial charge < -0.3 is 10.5 Å². The lowest BCUT2D eigenvalue weighted by atomic mass is 10.1. The fraction of sp³-hybridized carbons (Fsp3) is 0.462. The summed E-state index contributed by atoms with van der Waals surface area (Å²) in [5, 5.41) is 0.600. The molecular formula is C13H18N2OS.